The highest BCUT2D eigenvalue weighted by Gasteiger charge is 2.14. The molecule has 3 nitrogen and oxygen atoms in total. The number of hydrogen-bond donors (Lipinski definition) is 0. The second kappa shape index (κ2) is 10.6. The minimum absolute atomic E-state index is 0.337. The summed E-state index contributed by atoms with van der Waals surface area (Å²) >= 11 is 0. The van der Waals surface area contributed by atoms with Crippen molar-refractivity contribution in [1.29, 1.82) is 0 Å². The molecule has 3 heteroatoms. The second-order valence-corrected chi connectivity index (χ2v) is 7.81. The molecule has 0 bridgehead atoms. The van der Waals surface area contributed by atoms with E-state index in [2.05, 4.69) is 99.0 Å². The Morgan fingerprint density at radius 2 is 1.58 bits per heavy atom. The molecule has 0 unspecified atom stereocenters. The van der Waals surface area contributed by atoms with Crippen molar-refractivity contribution in [2.24, 2.45) is 0 Å². The SMILES string of the molecule is C=CC(=O)OCCc1cccc(N(c2ccc(CCC)cc2)c2ccc(C)c(C)c2)c1. The Balaban J connectivity index is 1.96. The van der Waals surface area contributed by atoms with Crippen LogP contribution in [0.3, 0.4) is 0 Å². The van der Waals surface area contributed by atoms with Crippen LogP contribution >= 0.6 is 0 Å². The summed E-state index contributed by atoms with van der Waals surface area (Å²) in [4.78, 5) is 13.6. The maximum atomic E-state index is 11.3. The molecule has 0 fully saturated rings. The minimum Gasteiger partial charge on any atom is -0.462 e. The molecule has 0 radical (unpaired) electrons. The van der Waals surface area contributed by atoms with Gasteiger partial charge in [-0.15, -0.1) is 0 Å². The zero-order valence-corrected chi connectivity index (χ0v) is 18.7. The van der Waals surface area contributed by atoms with Crippen LogP contribution in [0.4, 0.5) is 17.1 Å². The van der Waals surface area contributed by atoms with Crippen LogP contribution in [0.25, 0.3) is 0 Å². The number of carbonyl (C=O) groups excluding carboxylic acids is 1. The minimum atomic E-state index is -0.389. The highest BCUT2D eigenvalue weighted by molar-refractivity contribution is 5.81. The van der Waals surface area contributed by atoms with Crippen molar-refractivity contribution in [2.75, 3.05) is 11.5 Å². The van der Waals surface area contributed by atoms with E-state index in [1.54, 1.807) is 0 Å². The number of aryl methyl sites for hydroxylation is 3. The summed E-state index contributed by atoms with van der Waals surface area (Å²) in [6, 6.07) is 23.8. The van der Waals surface area contributed by atoms with Crippen molar-refractivity contribution in [3.8, 4) is 0 Å². The highest BCUT2D eigenvalue weighted by Crippen LogP contribution is 2.36. The van der Waals surface area contributed by atoms with Gasteiger partial charge in [-0.2, -0.15) is 0 Å². The fraction of sp³-hybridized carbons (Fsp3) is 0.250. The van der Waals surface area contributed by atoms with Crippen LogP contribution in [0.2, 0.25) is 0 Å². The van der Waals surface area contributed by atoms with E-state index >= 15 is 0 Å². The van der Waals surface area contributed by atoms with E-state index in [1.165, 1.54) is 22.8 Å². The Labute approximate surface area is 186 Å². The van der Waals surface area contributed by atoms with Gasteiger partial charge in [0.15, 0.2) is 0 Å². The fourth-order valence-corrected chi connectivity index (χ4v) is 3.59. The number of nitrogens with zero attached hydrogens (tertiary/aromatic N) is 1. The van der Waals surface area contributed by atoms with Crippen LogP contribution in [-0.4, -0.2) is 12.6 Å². The lowest BCUT2D eigenvalue weighted by Gasteiger charge is -2.27. The Morgan fingerprint density at radius 1 is 0.871 bits per heavy atom. The van der Waals surface area contributed by atoms with Crippen molar-refractivity contribution in [3.63, 3.8) is 0 Å². The van der Waals surface area contributed by atoms with Gasteiger partial charge >= 0.3 is 5.97 Å². The number of esters is 1. The molecule has 0 amide bonds. The van der Waals surface area contributed by atoms with Gasteiger partial charge in [0.05, 0.1) is 6.61 Å². The fourth-order valence-electron chi connectivity index (χ4n) is 3.59. The van der Waals surface area contributed by atoms with Crippen molar-refractivity contribution in [1.82, 2.24) is 0 Å². The molecular formula is C28H31NO2. The van der Waals surface area contributed by atoms with Crippen LogP contribution in [-0.2, 0) is 22.4 Å². The number of carbonyl (C=O) groups is 1. The Kier molecular flexibility index (Phi) is 7.66. The summed E-state index contributed by atoms with van der Waals surface area (Å²) in [6.07, 6.45) is 4.07. The first kappa shape index (κ1) is 22.4. The van der Waals surface area contributed by atoms with Crippen molar-refractivity contribution in [3.05, 3.63) is 102 Å². The van der Waals surface area contributed by atoms with E-state index in [-0.39, 0.29) is 5.97 Å². The molecule has 0 heterocycles. The van der Waals surface area contributed by atoms with Gasteiger partial charge in [0.1, 0.15) is 0 Å². The van der Waals surface area contributed by atoms with E-state index in [9.17, 15) is 4.79 Å². The van der Waals surface area contributed by atoms with Crippen LogP contribution in [0.1, 0.15) is 35.6 Å². The van der Waals surface area contributed by atoms with Crippen LogP contribution in [0.5, 0.6) is 0 Å². The lowest BCUT2D eigenvalue weighted by Crippen LogP contribution is -2.11. The number of anilines is 3. The summed E-state index contributed by atoms with van der Waals surface area (Å²) in [5, 5.41) is 0. The summed E-state index contributed by atoms with van der Waals surface area (Å²) < 4.78 is 5.16. The molecule has 3 aromatic rings. The maximum Gasteiger partial charge on any atom is 0.330 e. The molecule has 0 aliphatic carbocycles. The predicted molar refractivity (Wildman–Crippen MR) is 129 cm³/mol. The average molecular weight is 414 g/mol. The van der Waals surface area contributed by atoms with Gasteiger partial charge in [0.25, 0.3) is 0 Å². The Bertz CT molecular complexity index is 1040. The summed E-state index contributed by atoms with van der Waals surface area (Å²) in [6.45, 7) is 10.3. The van der Waals surface area contributed by atoms with E-state index in [1.807, 2.05) is 0 Å². The number of hydrogen-bond acceptors (Lipinski definition) is 3. The van der Waals surface area contributed by atoms with E-state index in [0.717, 1.165) is 35.5 Å². The molecule has 3 rings (SSSR count). The second-order valence-electron chi connectivity index (χ2n) is 7.81. The lowest BCUT2D eigenvalue weighted by molar-refractivity contribution is -0.137. The van der Waals surface area contributed by atoms with E-state index in [0.29, 0.717) is 13.0 Å². The molecule has 0 atom stereocenters. The Morgan fingerprint density at radius 3 is 2.26 bits per heavy atom. The van der Waals surface area contributed by atoms with Crippen LogP contribution < -0.4 is 4.90 Å². The van der Waals surface area contributed by atoms with Crippen LogP contribution in [0, 0.1) is 13.8 Å². The third kappa shape index (κ3) is 5.85. The van der Waals surface area contributed by atoms with Gasteiger partial charge in [-0.1, -0.05) is 50.3 Å². The average Bonchev–Trinajstić information content (AvgIpc) is 2.78. The third-order valence-corrected chi connectivity index (χ3v) is 5.45. The predicted octanol–water partition coefficient (Wildman–Crippen LogP) is 7.00. The highest BCUT2D eigenvalue weighted by atomic mass is 16.5. The van der Waals surface area contributed by atoms with Crippen molar-refractivity contribution >= 4 is 23.0 Å². The van der Waals surface area contributed by atoms with Crippen LogP contribution in [0.15, 0.2) is 79.4 Å². The zero-order valence-electron chi connectivity index (χ0n) is 18.7. The topological polar surface area (TPSA) is 29.5 Å². The van der Waals surface area contributed by atoms with Gasteiger partial charge in [-0.25, -0.2) is 4.79 Å². The smallest absolute Gasteiger partial charge is 0.330 e. The Hall–Kier alpha value is -3.33. The monoisotopic (exact) mass is 413 g/mol. The molecule has 0 saturated heterocycles. The van der Waals surface area contributed by atoms with Crippen molar-refractivity contribution < 1.29 is 9.53 Å². The van der Waals surface area contributed by atoms with E-state index in [4.69, 9.17) is 4.74 Å². The zero-order chi connectivity index (χ0) is 22.2. The van der Waals surface area contributed by atoms with Gasteiger partial charge in [0, 0.05) is 29.6 Å². The van der Waals surface area contributed by atoms with Gasteiger partial charge in [-0.05, 0) is 78.9 Å². The maximum absolute atomic E-state index is 11.3. The standard InChI is InChI=1S/C28H31NO2/c1-5-8-23-12-15-25(16-13-23)29(27-14-11-21(3)22(4)19-27)26-10-7-9-24(20-26)17-18-31-28(30)6-2/h6-7,9-16,19-20H,2,5,8,17-18H2,1,3-4H3. The van der Waals surface area contributed by atoms with Gasteiger partial charge < -0.3 is 9.64 Å². The molecule has 3 aromatic carbocycles. The van der Waals surface area contributed by atoms with Gasteiger partial charge in [0.2, 0.25) is 0 Å². The van der Waals surface area contributed by atoms with E-state index < -0.39 is 0 Å². The first-order valence-corrected chi connectivity index (χ1v) is 10.9. The summed E-state index contributed by atoms with van der Waals surface area (Å²) in [5.41, 5.74) is 8.34. The molecule has 0 N–H and O–H groups in total. The summed E-state index contributed by atoms with van der Waals surface area (Å²) in [5.74, 6) is -0.389. The molecule has 0 spiro atoms. The normalized spacial score (nSPS) is 10.5. The quantitative estimate of drug-likeness (QED) is 0.279. The van der Waals surface area contributed by atoms with Crippen molar-refractivity contribution in [2.45, 2.75) is 40.0 Å². The first-order valence-electron chi connectivity index (χ1n) is 10.9. The first-order chi connectivity index (χ1) is 15.0. The molecule has 0 aliphatic heterocycles. The number of benzene rings is 3. The van der Waals surface area contributed by atoms with Gasteiger partial charge in [-0.3, -0.25) is 0 Å². The molecule has 0 aliphatic rings. The lowest BCUT2D eigenvalue weighted by atomic mass is 10.1. The summed E-state index contributed by atoms with van der Waals surface area (Å²) in [7, 11) is 0. The third-order valence-electron chi connectivity index (χ3n) is 5.45. The largest absolute Gasteiger partial charge is 0.462 e. The molecule has 31 heavy (non-hydrogen) atoms. The molecule has 160 valence electrons. The number of ether oxygens (including phenoxy) is 1. The molecule has 0 aromatic heterocycles. The molecule has 0 saturated carbocycles. The molecular weight excluding hydrogens is 382 g/mol. The number of rotatable bonds is 9.